The average Bonchev–Trinajstić information content (AvgIpc) is 2.42. The number of aromatic nitrogens is 1. The number of pyridine rings is 1. The zero-order valence-electron chi connectivity index (χ0n) is 9.88. The molecule has 0 aliphatic heterocycles. The Labute approximate surface area is 116 Å². The highest BCUT2D eigenvalue weighted by atomic mass is 35.5. The first-order chi connectivity index (χ1) is 8.84. The van der Waals surface area contributed by atoms with Crippen molar-refractivity contribution in [3.8, 4) is 5.75 Å². The minimum atomic E-state index is 0.673. The summed E-state index contributed by atoms with van der Waals surface area (Å²) in [5.41, 5.74) is 0. The van der Waals surface area contributed by atoms with Gasteiger partial charge in [-0.05, 0) is 30.7 Å². The highest BCUT2D eigenvalue weighted by Crippen LogP contribution is 2.18. The Balaban J connectivity index is 1.63. The molecular formula is C14H14ClNOS. The number of hydrogen-bond acceptors (Lipinski definition) is 3. The Morgan fingerprint density at radius 1 is 1.11 bits per heavy atom. The van der Waals surface area contributed by atoms with Gasteiger partial charge in [0.2, 0.25) is 0 Å². The zero-order valence-corrected chi connectivity index (χ0v) is 11.5. The molecule has 0 saturated heterocycles. The summed E-state index contributed by atoms with van der Waals surface area (Å²) in [6, 6.07) is 13.7. The van der Waals surface area contributed by atoms with Crippen molar-refractivity contribution >= 4 is 23.4 Å². The van der Waals surface area contributed by atoms with Crippen molar-refractivity contribution in [1.82, 2.24) is 4.98 Å². The molecule has 0 unspecified atom stereocenters. The van der Waals surface area contributed by atoms with Crippen molar-refractivity contribution in [2.75, 3.05) is 12.4 Å². The molecule has 0 aliphatic carbocycles. The summed E-state index contributed by atoms with van der Waals surface area (Å²) in [6.45, 7) is 0.727. The molecule has 1 aromatic heterocycles. The van der Waals surface area contributed by atoms with Crippen LogP contribution in [-0.4, -0.2) is 17.3 Å². The van der Waals surface area contributed by atoms with Gasteiger partial charge in [0.25, 0.3) is 0 Å². The normalized spacial score (nSPS) is 10.3. The van der Waals surface area contributed by atoms with Crippen molar-refractivity contribution < 1.29 is 4.74 Å². The van der Waals surface area contributed by atoms with Gasteiger partial charge in [-0.1, -0.05) is 29.8 Å². The number of hydrogen-bond donors (Lipinski definition) is 0. The molecule has 2 rings (SSSR count). The third-order valence-corrected chi connectivity index (χ3v) is 3.50. The molecule has 1 aromatic carbocycles. The molecule has 0 atom stereocenters. The molecule has 0 fully saturated rings. The summed E-state index contributed by atoms with van der Waals surface area (Å²) in [6.07, 6.45) is 2.66. The van der Waals surface area contributed by atoms with Crippen LogP contribution in [0, 0.1) is 0 Å². The molecule has 0 saturated carbocycles. The van der Waals surface area contributed by atoms with Crippen LogP contribution in [0.3, 0.4) is 0 Å². The predicted octanol–water partition coefficient (Wildman–Crippen LogP) is 4.30. The highest BCUT2D eigenvalue weighted by Gasteiger charge is 1.97. The Bertz CT molecular complexity index is 461. The van der Waals surface area contributed by atoms with Gasteiger partial charge in [-0.15, -0.1) is 11.8 Å². The molecule has 0 bridgehead atoms. The van der Waals surface area contributed by atoms with Crippen LogP contribution in [0.1, 0.15) is 6.42 Å². The molecule has 2 aromatic rings. The standard InChI is InChI=1S/C14H14ClNOS/c15-12-7-8-14(16-11-12)18-10-4-9-17-13-5-2-1-3-6-13/h1-3,5-8,11H,4,9-10H2. The smallest absolute Gasteiger partial charge is 0.119 e. The maximum atomic E-state index is 5.77. The van der Waals surface area contributed by atoms with E-state index in [9.17, 15) is 0 Å². The van der Waals surface area contributed by atoms with E-state index in [-0.39, 0.29) is 0 Å². The zero-order chi connectivity index (χ0) is 12.6. The van der Waals surface area contributed by atoms with Gasteiger partial charge < -0.3 is 4.74 Å². The Morgan fingerprint density at radius 3 is 2.67 bits per heavy atom. The predicted molar refractivity (Wildman–Crippen MR) is 76.5 cm³/mol. The number of halogens is 1. The second-order valence-corrected chi connectivity index (χ2v) is 5.23. The summed E-state index contributed by atoms with van der Waals surface area (Å²) in [5.74, 6) is 1.91. The lowest BCUT2D eigenvalue weighted by molar-refractivity contribution is 0.318. The molecule has 0 radical (unpaired) electrons. The van der Waals surface area contributed by atoms with E-state index < -0.39 is 0 Å². The first kappa shape index (κ1) is 13.2. The van der Waals surface area contributed by atoms with Crippen LogP contribution >= 0.6 is 23.4 Å². The number of thioether (sulfide) groups is 1. The lowest BCUT2D eigenvalue weighted by atomic mass is 10.3. The van der Waals surface area contributed by atoms with Gasteiger partial charge >= 0.3 is 0 Å². The molecule has 0 aliphatic rings. The van der Waals surface area contributed by atoms with Gasteiger partial charge in [-0.3, -0.25) is 0 Å². The third kappa shape index (κ3) is 4.59. The van der Waals surface area contributed by atoms with E-state index in [0.717, 1.165) is 29.6 Å². The van der Waals surface area contributed by atoms with Crippen LogP contribution in [0.4, 0.5) is 0 Å². The van der Waals surface area contributed by atoms with Crippen molar-refractivity contribution in [1.29, 1.82) is 0 Å². The van der Waals surface area contributed by atoms with Gasteiger partial charge in [0.15, 0.2) is 0 Å². The van der Waals surface area contributed by atoms with Gasteiger partial charge in [0.05, 0.1) is 16.7 Å². The number of nitrogens with zero attached hydrogens (tertiary/aromatic N) is 1. The minimum absolute atomic E-state index is 0.673. The number of ether oxygens (including phenoxy) is 1. The van der Waals surface area contributed by atoms with Crippen molar-refractivity contribution in [2.45, 2.75) is 11.4 Å². The van der Waals surface area contributed by atoms with E-state index in [1.165, 1.54) is 0 Å². The van der Waals surface area contributed by atoms with Crippen LogP contribution in [0.15, 0.2) is 53.7 Å². The quantitative estimate of drug-likeness (QED) is 0.581. The van der Waals surface area contributed by atoms with E-state index in [2.05, 4.69) is 4.98 Å². The number of para-hydroxylation sites is 1. The van der Waals surface area contributed by atoms with E-state index >= 15 is 0 Å². The van der Waals surface area contributed by atoms with Crippen molar-refractivity contribution in [2.24, 2.45) is 0 Å². The second-order valence-electron chi connectivity index (χ2n) is 3.68. The average molecular weight is 280 g/mol. The van der Waals surface area contributed by atoms with Crippen LogP contribution in [0.5, 0.6) is 5.75 Å². The lowest BCUT2D eigenvalue weighted by Gasteiger charge is -2.05. The SMILES string of the molecule is Clc1ccc(SCCCOc2ccccc2)nc1. The van der Waals surface area contributed by atoms with E-state index in [1.807, 2.05) is 42.5 Å². The number of rotatable bonds is 6. The number of benzene rings is 1. The van der Waals surface area contributed by atoms with Gasteiger partial charge in [0.1, 0.15) is 5.75 Å². The fourth-order valence-corrected chi connectivity index (χ4v) is 2.26. The van der Waals surface area contributed by atoms with Crippen molar-refractivity contribution in [3.05, 3.63) is 53.7 Å². The summed E-state index contributed by atoms with van der Waals surface area (Å²) in [5, 5.41) is 1.67. The summed E-state index contributed by atoms with van der Waals surface area (Å²) >= 11 is 7.49. The van der Waals surface area contributed by atoms with E-state index in [1.54, 1.807) is 18.0 Å². The lowest BCUT2D eigenvalue weighted by Crippen LogP contribution is -1.98. The molecular weight excluding hydrogens is 266 g/mol. The second kappa shape index (κ2) is 7.29. The molecule has 94 valence electrons. The van der Waals surface area contributed by atoms with Crippen LogP contribution < -0.4 is 4.74 Å². The Kier molecular flexibility index (Phi) is 5.36. The largest absolute Gasteiger partial charge is 0.494 e. The first-order valence-corrected chi connectivity index (χ1v) is 7.13. The fourth-order valence-electron chi connectivity index (χ4n) is 1.39. The fraction of sp³-hybridized carbons (Fsp3) is 0.214. The van der Waals surface area contributed by atoms with Crippen LogP contribution in [0.25, 0.3) is 0 Å². The molecule has 2 nitrogen and oxygen atoms in total. The maximum Gasteiger partial charge on any atom is 0.119 e. The molecule has 4 heteroatoms. The molecule has 0 N–H and O–H groups in total. The van der Waals surface area contributed by atoms with Crippen LogP contribution in [-0.2, 0) is 0 Å². The summed E-state index contributed by atoms with van der Waals surface area (Å²) in [4.78, 5) is 4.22. The third-order valence-electron chi connectivity index (χ3n) is 2.25. The molecule has 1 heterocycles. The summed E-state index contributed by atoms with van der Waals surface area (Å²) in [7, 11) is 0. The van der Waals surface area contributed by atoms with Gasteiger partial charge in [-0.2, -0.15) is 0 Å². The summed E-state index contributed by atoms with van der Waals surface area (Å²) < 4.78 is 5.61. The first-order valence-electron chi connectivity index (χ1n) is 5.77. The maximum absolute atomic E-state index is 5.77. The van der Waals surface area contributed by atoms with Crippen molar-refractivity contribution in [3.63, 3.8) is 0 Å². The van der Waals surface area contributed by atoms with Gasteiger partial charge in [-0.25, -0.2) is 4.98 Å². The van der Waals surface area contributed by atoms with E-state index in [0.29, 0.717) is 5.02 Å². The topological polar surface area (TPSA) is 22.1 Å². The molecule has 0 spiro atoms. The van der Waals surface area contributed by atoms with E-state index in [4.69, 9.17) is 16.3 Å². The van der Waals surface area contributed by atoms with Crippen LogP contribution in [0.2, 0.25) is 5.02 Å². The Morgan fingerprint density at radius 2 is 1.94 bits per heavy atom. The molecule has 0 amide bonds. The minimum Gasteiger partial charge on any atom is -0.494 e. The molecule has 18 heavy (non-hydrogen) atoms. The Hall–Kier alpha value is -1.19. The monoisotopic (exact) mass is 279 g/mol. The highest BCUT2D eigenvalue weighted by molar-refractivity contribution is 7.99. The van der Waals surface area contributed by atoms with Gasteiger partial charge in [0, 0.05) is 11.9 Å².